The highest BCUT2D eigenvalue weighted by molar-refractivity contribution is 6.31. The molecule has 0 radical (unpaired) electrons. The second-order valence-electron chi connectivity index (χ2n) is 5.90. The van der Waals surface area contributed by atoms with Crippen molar-refractivity contribution in [1.82, 2.24) is 15.1 Å². The normalized spacial score (nSPS) is 20.3. The van der Waals surface area contributed by atoms with Crippen molar-refractivity contribution in [2.45, 2.75) is 32.9 Å². The number of hydrogen-bond acceptors (Lipinski definition) is 3. The Bertz CT molecular complexity index is 530. The first-order chi connectivity index (χ1) is 11.0. The average molecular weight is 342 g/mol. The lowest BCUT2D eigenvalue weighted by molar-refractivity contribution is -0.137. The molecule has 2 atom stereocenters. The molecule has 1 heterocycles. The molecule has 0 spiro atoms. The number of nitrogens with zero attached hydrogens (tertiary/aromatic N) is 2. The quantitative estimate of drug-likeness (QED) is 0.894. The molecule has 0 aromatic heterocycles. The van der Waals surface area contributed by atoms with Gasteiger partial charge in [-0.05, 0) is 32.9 Å². The standard InChI is InChI=1S/C17H25ClFN3O/c1-4-21(5-2)17(23)16(22-10-9-20-12(3)11-22)15-13(18)7-6-8-14(15)19/h6-8,12,16,20H,4-5,9-11H2,1-3H3. The van der Waals surface area contributed by atoms with Crippen LogP contribution in [0.3, 0.4) is 0 Å². The van der Waals surface area contributed by atoms with Gasteiger partial charge in [-0.2, -0.15) is 0 Å². The van der Waals surface area contributed by atoms with Crippen LogP contribution in [0.2, 0.25) is 5.02 Å². The molecule has 0 aliphatic carbocycles. The van der Waals surface area contributed by atoms with Gasteiger partial charge in [-0.1, -0.05) is 17.7 Å². The van der Waals surface area contributed by atoms with Crippen LogP contribution in [0.1, 0.15) is 32.4 Å². The van der Waals surface area contributed by atoms with E-state index in [9.17, 15) is 9.18 Å². The smallest absolute Gasteiger partial charge is 0.244 e. The van der Waals surface area contributed by atoms with Gasteiger partial charge in [-0.3, -0.25) is 9.69 Å². The average Bonchev–Trinajstić information content (AvgIpc) is 2.52. The molecule has 2 rings (SSSR count). The minimum Gasteiger partial charge on any atom is -0.342 e. The van der Waals surface area contributed by atoms with Gasteiger partial charge in [0.2, 0.25) is 5.91 Å². The van der Waals surface area contributed by atoms with Gasteiger partial charge >= 0.3 is 0 Å². The fourth-order valence-corrected chi connectivity index (χ4v) is 3.41. The van der Waals surface area contributed by atoms with E-state index in [0.717, 1.165) is 6.54 Å². The van der Waals surface area contributed by atoms with Crippen LogP contribution < -0.4 is 5.32 Å². The second-order valence-corrected chi connectivity index (χ2v) is 6.31. The van der Waals surface area contributed by atoms with Crippen LogP contribution in [0, 0.1) is 5.82 Å². The summed E-state index contributed by atoms with van der Waals surface area (Å²) in [5.74, 6) is -0.509. The number of halogens is 2. The summed E-state index contributed by atoms with van der Waals surface area (Å²) in [7, 11) is 0. The number of benzene rings is 1. The predicted octanol–water partition coefficient (Wildman–Crippen LogP) is 2.68. The van der Waals surface area contributed by atoms with Crippen molar-refractivity contribution in [3.63, 3.8) is 0 Å². The Kier molecular flexibility index (Phi) is 6.39. The van der Waals surface area contributed by atoms with Gasteiger partial charge in [0, 0.05) is 49.4 Å². The molecular weight excluding hydrogens is 317 g/mol. The molecule has 0 saturated carbocycles. The Labute approximate surface area is 142 Å². The topological polar surface area (TPSA) is 35.6 Å². The van der Waals surface area contributed by atoms with Crippen LogP contribution in [-0.2, 0) is 4.79 Å². The molecule has 1 amide bonds. The molecule has 1 aromatic carbocycles. The van der Waals surface area contributed by atoms with E-state index in [4.69, 9.17) is 11.6 Å². The van der Waals surface area contributed by atoms with Crippen LogP contribution in [0.15, 0.2) is 18.2 Å². The number of hydrogen-bond donors (Lipinski definition) is 1. The third-order valence-corrected chi connectivity index (χ3v) is 4.68. The number of carbonyl (C=O) groups excluding carboxylic acids is 1. The first-order valence-electron chi connectivity index (χ1n) is 8.19. The van der Waals surface area contributed by atoms with Gasteiger partial charge in [-0.25, -0.2) is 4.39 Å². The first-order valence-corrected chi connectivity index (χ1v) is 8.57. The second kappa shape index (κ2) is 8.08. The SMILES string of the molecule is CCN(CC)C(=O)C(c1c(F)cccc1Cl)N1CCNC(C)C1. The monoisotopic (exact) mass is 341 g/mol. The molecule has 1 saturated heterocycles. The summed E-state index contributed by atoms with van der Waals surface area (Å²) < 4.78 is 14.5. The lowest BCUT2D eigenvalue weighted by atomic mass is 10.0. The summed E-state index contributed by atoms with van der Waals surface area (Å²) in [5.41, 5.74) is 0.292. The fourth-order valence-electron chi connectivity index (χ4n) is 3.14. The molecule has 128 valence electrons. The lowest BCUT2D eigenvalue weighted by Gasteiger charge is -2.39. The summed E-state index contributed by atoms with van der Waals surface area (Å²) in [6.07, 6.45) is 0. The maximum absolute atomic E-state index is 14.5. The van der Waals surface area contributed by atoms with E-state index in [1.54, 1.807) is 17.0 Å². The minimum atomic E-state index is -0.673. The van der Waals surface area contributed by atoms with Gasteiger partial charge in [0.25, 0.3) is 0 Å². The number of nitrogens with one attached hydrogen (secondary N) is 1. The molecule has 4 nitrogen and oxygen atoms in total. The molecule has 1 aromatic rings. The lowest BCUT2D eigenvalue weighted by Crippen LogP contribution is -2.53. The third kappa shape index (κ3) is 4.03. The van der Waals surface area contributed by atoms with Gasteiger partial charge in [0.05, 0.1) is 0 Å². The maximum atomic E-state index is 14.5. The number of piperazine rings is 1. The summed E-state index contributed by atoms with van der Waals surface area (Å²) in [4.78, 5) is 16.8. The van der Waals surface area contributed by atoms with Gasteiger partial charge in [0.15, 0.2) is 0 Å². The van der Waals surface area contributed by atoms with E-state index in [0.29, 0.717) is 36.8 Å². The van der Waals surface area contributed by atoms with E-state index >= 15 is 0 Å². The molecule has 1 fully saturated rings. The van der Waals surface area contributed by atoms with E-state index in [1.165, 1.54) is 6.07 Å². The molecule has 23 heavy (non-hydrogen) atoms. The molecular formula is C17H25ClFN3O. The van der Waals surface area contributed by atoms with Crippen molar-refractivity contribution < 1.29 is 9.18 Å². The summed E-state index contributed by atoms with van der Waals surface area (Å²) >= 11 is 6.26. The largest absolute Gasteiger partial charge is 0.342 e. The molecule has 2 unspecified atom stereocenters. The van der Waals surface area contributed by atoms with Crippen LogP contribution in [0.5, 0.6) is 0 Å². The zero-order valence-corrected chi connectivity index (χ0v) is 14.7. The van der Waals surface area contributed by atoms with Crippen LogP contribution >= 0.6 is 11.6 Å². The fraction of sp³-hybridized carbons (Fsp3) is 0.588. The summed E-state index contributed by atoms with van der Waals surface area (Å²) in [6, 6.07) is 4.17. The summed E-state index contributed by atoms with van der Waals surface area (Å²) in [6.45, 7) is 9.26. The van der Waals surface area contributed by atoms with Crippen molar-refractivity contribution in [1.29, 1.82) is 0 Å². The van der Waals surface area contributed by atoms with Gasteiger partial charge in [0.1, 0.15) is 11.9 Å². The predicted molar refractivity (Wildman–Crippen MR) is 91.1 cm³/mol. The zero-order chi connectivity index (χ0) is 17.0. The molecule has 1 aliphatic heterocycles. The van der Waals surface area contributed by atoms with Gasteiger partial charge < -0.3 is 10.2 Å². The Morgan fingerprint density at radius 3 is 2.74 bits per heavy atom. The van der Waals surface area contributed by atoms with E-state index in [1.807, 2.05) is 18.7 Å². The number of carbonyl (C=O) groups is 1. The van der Waals surface area contributed by atoms with Crippen molar-refractivity contribution >= 4 is 17.5 Å². The minimum absolute atomic E-state index is 0.0869. The number of rotatable bonds is 5. The van der Waals surface area contributed by atoms with Crippen LogP contribution in [-0.4, -0.2) is 54.5 Å². The first kappa shape index (κ1) is 18.2. The zero-order valence-electron chi connectivity index (χ0n) is 14.0. The molecule has 1 aliphatic rings. The van der Waals surface area contributed by atoms with E-state index in [2.05, 4.69) is 12.2 Å². The van der Waals surface area contributed by atoms with Crippen molar-refractivity contribution in [3.8, 4) is 0 Å². The Morgan fingerprint density at radius 1 is 1.48 bits per heavy atom. The van der Waals surface area contributed by atoms with E-state index < -0.39 is 11.9 Å². The van der Waals surface area contributed by atoms with Crippen LogP contribution in [0.25, 0.3) is 0 Å². The highest BCUT2D eigenvalue weighted by Crippen LogP contribution is 2.32. The molecule has 6 heteroatoms. The third-order valence-electron chi connectivity index (χ3n) is 4.35. The summed E-state index contributed by atoms with van der Waals surface area (Å²) in [5, 5.41) is 3.66. The van der Waals surface area contributed by atoms with Crippen LogP contribution in [0.4, 0.5) is 4.39 Å². The molecule has 0 bridgehead atoms. The van der Waals surface area contributed by atoms with E-state index in [-0.39, 0.29) is 11.9 Å². The van der Waals surface area contributed by atoms with Crippen molar-refractivity contribution in [2.24, 2.45) is 0 Å². The number of amides is 1. The number of likely N-dealkylation sites (N-methyl/N-ethyl adjacent to an activating group) is 1. The Balaban J connectivity index is 2.44. The van der Waals surface area contributed by atoms with Crippen molar-refractivity contribution in [3.05, 3.63) is 34.6 Å². The Morgan fingerprint density at radius 2 is 2.17 bits per heavy atom. The maximum Gasteiger partial charge on any atom is 0.244 e. The van der Waals surface area contributed by atoms with Gasteiger partial charge in [-0.15, -0.1) is 0 Å². The highest BCUT2D eigenvalue weighted by atomic mass is 35.5. The highest BCUT2D eigenvalue weighted by Gasteiger charge is 2.35. The molecule has 1 N–H and O–H groups in total. The van der Waals surface area contributed by atoms with Crippen molar-refractivity contribution in [2.75, 3.05) is 32.7 Å². The Hall–Kier alpha value is -1.17.